The van der Waals surface area contributed by atoms with E-state index in [1.807, 2.05) is 54.6 Å². The molecule has 148 valence electrons. The van der Waals surface area contributed by atoms with Crippen molar-refractivity contribution in [3.8, 4) is 34.0 Å². The van der Waals surface area contributed by atoms with Gasteiger partial charge in [-0.15, -0.1) is 10.2 Å². The van der Waals surface area contributed by atoms with Gasteiger partial charge in [-0.3, -0.25) is 0 Å². The monoisotopic (exact) mass is 402 g/mol. The molecule has 4 nitrogen and oxygen atoms in total. The molecule has 2 heterocycles. The molecular formula is C27H18N2O2. The first-order chi connectivity index (χ1) is 15.3. The Labute approximate surface area is 178 Å². The number of rotatable bonds is 3. The van der Waals surface area contributed by atoms with E-state index in [-0.39, 0.29) is 0 Å². The van der Waals surface area contributed by atoms with Gasteiger partial charge in [-0.25, -0.2) is 0 Å². The predicted molar refractivity (Wildman–Crippen MR) is 123 cm³/mol. The summed E-state index contributed by atoms with van der Waals surface area (Å²) in [6.07, 6.45) is 0. The highest BCUT2D eigenvalue weighted by Crippen LogP contribution is 2.36. The fourth-order valence-corrected chi connectivity index (χ4v) is 3.92. The van der Waals surface area contributed by atoms with E-state index in [1.54, 1.807) is 0 Å². The van der Waals surface area contributed by atoms with E-state index < -0.39 is 0 Å². The molecule has 0 bridgehead atoms. The van der Waals surface area contributed by atoms with Crippen molar-refractivity contribution in [2.75, 3.05) is 0 Å². The maximum Gasteiger partial charge on any atom is 0.248 e. The quantitative estimate of drug-likeness (QED) is 0.312. The number of fused-ring (bicyclic) bond motifs is 3. The van der Waals surface area contributed by atoms with Crippen LogP contribution in [0.25, 0.3) is 56.0 Å². The molecule has 0 saturated carbocycles. The summed E-state index contributed by atoms with van der Waals surface area (Å²) in [5, 5.41) is 10.7. The third kappa shape index (κ3) is 3.01. The van der Waals surface area contributed by atoms with Crippen molar-refractivity contribution >= 4 is 21.9 Å². The Hall–Kier alpha value is -4.18. The van der Waals surface area contributed by atoms with Gasteiger partial charge in [0, 0.05) is 27.5 Å². The van der Waals surface area contributed by atoms with Crippen LogP contribution in [0, 0.1) is 6.92 Å². The second kappa shape index (κ2) is 6.96. The minimum absolute atomic E-state index is 0.504. The van der Waals surface area contributed by atoms with Crippen LogP contribution in [-0.2, 0) is 0 Å². The molecule has 0 atom stereocenters. The van der Waals surface area contributed by atoms with Crippen molar-refractivity contribution < 1.29 is 8.83 Å². The zero-order valence-electron chi connectivity index (χ0n) is 16.9. The van der Waals surface area contributed by atoms with E-state index in [1.165, 1.54) is 5.56 Å². The maximum absolute atomic E-state index is 6.17. The average molecular weight is 402 g/mol. The molecular weight excluding hydrogens is 384 g/mol. The Bertz CT molecular complexity index is 1520. The number of hydrogen-bond donors (Lipinski definition) is 0. The molecule has 0 N–H and O–H groups in total. The molecule has 0 fully saturated rings. The molecule has 0 unspecified atom stereocenters. The van der Waals surface area contributed by atoms with Gasteiger partial charge in [0.25, 0.3) is 0 Å². The molecule has 0 aliphatic rings. The van der Waals surface area contributed by atoms with Gasteiger partial charge in [-0.2, -0.15) is 0 Å². The minimum Gasteiger partial charge on any atom is -0.455 e. The fourth-order valence-electron chi connectivity index (χ4n) is 3.92. The van der Waals surface area contributed by atoms with Gasteiger partial charge in [0.1, 0.15) is 11.2 Å². The van der Waals surface area contributed by atoms with E-state index in [2.05, 4.69) is 53.5 Å². The summed E-state index contributed by atoms with van der Waals surface area (Å²) in [6, 6.07) is 30.6. The number of para-hydroxylation sites is 2. The van der Waals surface area contributed by atoms with Crippen LogP contribution in [0.15, 0.2) is 99.8 Å². The van der Waals surface area contributed by atoms with E-state index >= 15 is 0 Å². The summed E-state index contributed by atoms with van der Waals surface area (Å²) >= 11 is 0. The second-order valence-corrected chi connectivity index (χ2v) is 7.64. The van der Waals surface area contributed by atoms with Gasteiger partial charge in [0.05, 0.1) is 0 Å². The van der Waals surface area contributed by atoms with Gasteiger partial charge in [-0.1, -0.05) is 66.2 Å². The molecule has 0 radical (unpaired) electrons. The topological polar surface area (TPSA) is 52.1 Å². The lowest BCUT2D eigenvalue weighted by Crippen LogP contribution is -1.81. The molecule has 6 aromatic rings. The molecule has 0 aliphatic carbocycles. The third-order valence-corrected chi connectivity index (χ3v) is 5.57. The number of benzene rings is 4. The predicted octanol–water partition coefficient (Wildman–Crippen LogP) is 7.28. The lowest BCUT2D eigenvalue weighted by atomic mass is 10.0. The van der Waals surface area contributed by atoms with Crippen LogP contribution in [0.1, 0.15) is 5.56 Å². The van der Waals surface area contributed by atoms with Crippen LogP contribution in [0.3, 0.4) is 0 Å². The van der Waals surface area contributed by atoms with Crippen LogP contribution in [0.4, 0.5) is 0 Å². The van der Waals surface area contributed by atoms with E-state index in [0.717, 1.165) is 44.2 Å². The van der Waals surface area contributed by atoms with Gasteiger partial charge >= 0.3 is 0 Å². The summed E-state index contributed by atoms with van der Waals surface area (Å²) in [6.45, 7) is 2.05. The SMILES string of the molecule is Cc1ccc(-c2nnc(-c3ccc(-c4cccc5c4oc4ccccc45)cc3)o2)cc1. The number of nitrogens with zero attached hydrogens (tertiary/aromatic N) is 2. The molecule has 0 aliphatic heterocycles. The highest BCUT2D eigenvalue weighted by molar-refractivity contribution is 6.09. The first-order valence-electron chi connectivity index (χ1n) is 10.2. The third-order valence-electron chi connectivity index (χ3n) is 5.57. The van der Waals surface area contributed by atoms with E-state index in [0.29, 0.717) is 11.8 Å². The molecule has 6 rings (SSSR count). The van der Waals surface area contributed by atoms with Crippen LogP contribution in [-0.4, -0.2) is 10.2 Å². The van der Waals surface area contributed by atoms with Crippen molar-refractivity contribution in [2.24, 2.45) is 0 Å². The first kappa shape index (κ1) is 17.7. The Morgan fingerprint density at radius 2 is 1.16 bits per heavy atom. The van der Waals surface area contributed by atoms with Crippen molar-refractivity contribution in [1.29, 1.82) is 0 Å². The van der Waals surface area contributed by atoms with Crippen molar-refractivity contribution in [2.45, 2.75) is 6.92 Å². The zero-order valence-corrected chi connectivity index (χ0v) is 16.9. The molecule has 2 aromatic heterocycles. The molecule has 31 heavy (non-hydrogen) atoms. The number of aromatic nitrogens is 2. The maximum atomic E-state index is 6.17. The Morgan fingerprint density at radius 3 is 1.90 bits per heavy atom. The Kier molecular flexibility index (Phi) is 3.96. The summed E-state index contributed by atoms with van der Waals surface area (Å²) in [5.41, 5.74) is 6.92. The summed E-state index contributed by atoms with van der Waals surface area (Å²) in [5.74, 6) is 1.02. The molecule has 4 aromatic carbocycles. The van der Waals surface area contributed by atoms with Gasteiger partial charge in [0.2, 0.25) is 11.8 Å². The zero-order chi connectivity index (χ0) is 20.8. The van der Waals surface area contributed by atoms with Crippen LogP contribution in [0.5, 0.6) is 0 Å². The standard InChI is InChI=1S/C27H18N2O2/c1-17-9-11-19(12-10-17)26-28-29-27(31-26)20-15-13-18(14-16-20)21-6-4-7-23-22-5-2-3-8-24(22)30-25(21)23/h2-16H,1H3. The highest BCUT2D eigenvalue weighted by atomic mass is 16.4. The van der Waals surface area contributed by atoms with Gasteiger partial charge in [-0.05, 0) is 42.8 Å². The number of aryl methyl sites for hydroxylation is 1. The van der Waals surface area contributed by atoms with Gasteiger partial charge in [0.15, 0.2) is 0 Å². The Balaban J connectivity index is 1.37. The summed E-state index contributed by atoms with van der Waals surface area (Å²) < 4.78 is 12.1. The first-order valence-corrected chi connectivity index (χ1v) is 10.2. The van der Waals surface area contributed by atoms with Crippen molar-refractivity contribution in [1.82, 2.24) is 10.2 Å². The van der Waals surface area contributed by atoms with Crippen LogP contribution >= 0.6 is 0 Å². The number of furan rings is 1. The molecule has 4 heteroatoms. The smallest absolute Gasteiger partial charge is 0.248 e. The lowest BCUT2D eigenvalue weighted by Gasteiger charge is -2.03. The molecule has 0 amide bonds. The van der Waals surface area contributed by atoms with E-state index in [9.17, 15) is 0 Å². The van der Waals surface area contributed by atoms with Crippen molar-refractivity contribution in [3.63, 3.8) is 0 Å². The molecule has 0 saturated heterocycles. The minimum atomic E-state index is 0.504. The van der Waals surface area contributed by atoms with E-state index in [4.69, 9.17) is 8.83 Å². The van der Waals surface area contributed by atoms with Gasteiger partial charge < -0.3 is 8.83 Å². The summed E-state index contributed by atoms with van der Waals surface area (Å²) in [7, 11) is 0. The van der Waals surface area contributed by atoms with Crippen molar-refractivity contribution in [3.05, 3.63) is 96.6 Å². The molecule has 0 spiro atoms. The Morgan fingerprint density at radius 1 is 0.548 bits per heavy atom. The fraction of sp³-hybridized carbons (Fsp3) is 0.0370. The van der Waals surface area contributed by atoms with Crippen LogP contribution in [0.2, 0.25) is 0 Å². The number of hydrogen-bond acceptors (Lipinski definition) is 4. The van der Waals surface area contributed by atoms with Crippen LogP contribution < -0.4 is 0 Å². The normalized spacial score (nSPS) is 11.4. The lowest BCUT2D eigenvalue weighted by molar-refractivity contribution is 0.584. The average Bonchev–Trinajstić information content (AvgIpc) is 3.45. The second-order valence-electron chi connectivity index (χ2n) is 7.64. The highest BCUT2D eigenvalue weighted by Gasteiger charge is 2.13. The largest absolute Gasteiger partial charge is 0.455 e. The summed E-state index contributed by atoms with van der Waals surface area (Å²) in [4.78, 5) is 0.